The van der Waals surface area contributed by atoms with Crippen molar-refractivity contribution in [3.63, 3.8) is 0 Å². The Labute approximate surface area is 127 Å². The molecule has 0 spiro atoms. The average molecular weight is 291 g/mol. The monoisotopic (exact) mass is 291 g/mol. The quantitative estimate of drug-likeness (QED) is 0.807. The van der Waals surface area contributed by atoms with Gasteiger partial charge in [-0.05, 0) is 25.0 Å². The molecule has 0 radical (unpaired) electrons. The van der Waals surface area contributed by atoms with E-state index < -0.39 is 0 Å². The standard InChI is InChI=1S/C15H19NO3.C2H6/c1-4-14(16-11(2)17)10-7-12-5-8-13(9-6-12)15(18)19-3;1-2/h4-5,7-9H,6,10H2,1-3H3,(H,16,17);1-2H3/b12-7-,14-4+;. The zero-order chi connectivity index (χ0) is 16.3. The lowest BCUT2D eigenvalue weighted by Gasteiger charge is -2.09. The molecule has 1 N–H and O–H groups in total. The maximum atomic E-state index is 11.3. The fourth-order valence-electron chi connectivity index (χ4n) is 1.69. The Morgan fingerprint density at radius 1 is 1.33 bits per heavy atom. The second kappa shape index (κ2) is 10.7. The maximum Gasteiger partial charge on any atom is 0.337 e. The predicted molar refractivity (Wildman–Crippen MR) is 85.5 cm³/mol. The van der Waals surface area contributed by atoms with Gasteiger partial charge in [-0.25, -0.2) is 4.79 Å². The minimum Gasteiger partial charge on any atom is -0.465 e. The first kappa shape index (κ1) is 18.9. The van der Waals surface area contributed by atoms with Gasteiger partial charge in [0.2, 0.25) is 5.91 Å². The van der Waals surface area contributed by atoms with Crippen molar-refractivity contribution in [3.8, 4) is 0 Å². The lowest BCUT2D eigenvalue weighted by molar-refractivity contribution is -0.135. The van der Waals surface area contributed by atoms with Crippen molar-refractivity contribution in [2.45, 2.75) is 40.5 Å². The molecule has 1 rings (SSSR count). The number of rotatable bonds is 4. The van der Waals surface area contributed by atoms with E-state index >= 15 is 0 Å². The molecule has 0 unspecified atom stereocenters. The molecule has 1 amide bonds. The van der Waals surface area contributed by atoms with E-state index in [1.54, 1.807) is 6.08 Å². The third-order valence-corrected chi connectivity index (χ3v) is 2.72. The highest BCUT2D eigenvalue weighted by Gasteiger charge is 2.09. The molecule has 0 atom stereocenters. The van der Waals surface area contributed by atoms with Crippen LogP contribution in [0.5, 0.6) is 0 Å². The second-order valence-corrected chi connectivity index (χ2v) is 4.17. The summed E-state index contributed by atoms with van der Waals surface area (Å²) in [5, 5.41) is 2.77. The molecule has 116 valence electrons. The number of methoxy groups -OCH3 is 1. The van der Waals surface area contributed by atoms with Gasteiger partial charge in [-0.1, -0.05) is 38.2 Å². The van der Waals surface area contributed by atoms with E-state index in [-0.39, 0.29) is 11.9 Å². The second-order valence-electron chi connectivity index (χ2n) is 4.17. The molecule has 0 saturated heterocycles. The summed E-state index contributed by atoms with van der Waals surface area (Å²) in [5.74, 6) is -0.388. The van der Waals surface area contributed by atoms with Crippen LogP contribution in [0.3, 0.4) is 0 Å². The van der Waals surface area contributed by atoms with E-state index in [0.29, 0.717) is 18.4 Å². The number of carbonyl (C=O) groups is 2. The minimum atomic E-state index is -0.317. The van der Waals surface area contributed by atoms with Crippen molar-refractivity contribution in [2.24, 2.45) is 0 Å². The Hall–Kier alpha value is -2.10. The van der Waals surface area contributed by atoms with Crippen LogP contribution < -0.4 is 5.32 Å². The van der Waals surface area contributed by atoms with Crippen LogP contribution in [0.2, 0.25) is 0 Å². The zero-order valence-corrected chi connectivity index (χ0v) is 13.5. The number of esters is 1. The van der Waals surface area contributed by atoms with Crippen molar-refractivity contribution in [1.29, 1.82) is 0 Å². The summed E-state index contributed by atoms with van der Waals surface area (Å²) in [5.41, 5.74) is 2.56. The summed E-state index contributed by atoms with van der Waals surface area (Å²) in [4.78, 5) is 22.3. The van der Waals surface area contributed by atoms with Crippen LogP contribution >= 0.6 is 0 Å². The van der Waals surface area contributed by atoms with Gasteiger partial charge < -0.3 is 10.1 Å². The van der Waals surface area contributed by atoms with E-state index in [9.17, 15) is 9.59 Å². The van der Waals surface area contributed by atoms with Crippen LogP contribution in [0.25, 0.3) is 0 Å². The number of hydrogen-bond acceptors (Lipinski definition) is 3. The lowest BCUT2D eigenvalue weighted by atomic mass is 10.0. The lowest BCUT2D eigenvalue weighted by Crippen LogP contribution is -2.18. The third-order valence-electron chi connectivity index (χ3n) is 2.72. The molecule has 0 aromatic heterocycles. The summed E-state index contributed by atoms with van der Waals surface area (Å²) < 4.78 is 4.65. The van der Waals surface area contributed by atoms with Gasteiger partial charge in [-0.3, -0.25) is 4.79 Å². The Balaban J connectivity index is 0.00000191. The molecule has 21 heavy (non-hydrogen) atoms. The third kappa shape index (κ3) is 7.30. The summed E-state index contributed by atoms with van der Waals surface area (Å²) in [6, 6.07) is 0. The van der Waals surface area contributed by atoms with Crippen molar-refractivity contribution in [2.75, 3.05) is 7.11 Å². The largest absolute Gasteiger partial charge is 0.465 e. The zero-order valence-electron chi connectivity index (χ0n) is 13.5. The summed E-state index contributed by atoms with van der Waals surface area (Å²) >= 11 is 0. The maximum absolute atomic E-state index is 11.3. The van der Waals surface area contributed by atoms with Crippen molar-refractivity contribution < 1.29 is 14.3 Å². The fourth-order valence-corrected chi connectivity index (χ4v) is 1.69. The van der Waals surface area contributed by atoms with Gasteiger partial charge >= 0.3 is 5.97 Å². The smallest absolute Gasteiger partial charge is 0.337 e. The van der Waals surface area contributed by atoms with Gasteiger partial charge in [0.15, 0.2) is 0 Å². The van der Waals surface area contributed by atoms with Gasteiger partial charge in [0.05, 0.1) is 12.7 Å². The molecule has 4 heteroatoms. The molecule has 0 fully saturated rings. The Bertz CT molecular complexity index is 482. The van der Waals surface area contributed by atoms with Crippen LogP contribution in [0, 0.1) is 0 Å². The number of ether oxygens (including phenoxy) is 1. The Morgan fingerprint density at radius 2 is 2.00 bits per heavy atom. The number of carbonyl (C=O) groups excluding carboxylic acids is 2. The number of nitrogens with one attached hydrogen (secondary N) is 1. The van der Waals surface area contributed by atoms with E-state index in [1.165, 1.54) is 14.0 Å². The predicted octanol–water partition coefficient (Wildman–Crippen LogP) is 3.43. The van der Waals surface area contributed by atoms with Gasteiger partial charge in [-0.15, -0.1) is 0 Å². The van der Waals surface area contributed by atoms with Gasteiger partial charge in [-0.2, -0.15) is 0 Å². The number of allylic oxidation sites excluding steroid dienone is 5. The van der Waals surface area contributed by atoms with Gasteiger partial charge in [0.25, 0.3) is 0 Å². The van der Waals surface area contributed by atoms with Crippen LogP contribution in [0.15, 0.2) is 47.2 Å². The Morgan fingerprint density at radius 3 is 2.43 bits per heavy atom. The molecule has 0 bridgehead atoms. The topological polar surface area (TPSA) is 55.4 Å². The number of amides is 1. The summed E-state index contributed by atoms with van der Waals surface area (Å²) in [7, 11) is 1.37. The highest BCUT2D eigenvalue weighted by Crippen LogP contribution is 2.17. The minimum absolute atomic E-state index is 0.0708. The van der Waals surface area contributed by atoms with Crippen LogP contribution in [-0.4, -0.2) is 19.0 Å². The highest BCUT2D eigenvalue weighted by molar-refractivity contribution is 5.92. The van der Waals surface area contributed by atoms with Crippen molar-refractivity contribution in [1.82, 2.24) is 5.32 Å². The number of hydrogen-bond donors (Lipinski definition) is 1. The first-order chi connectivity index (χ1) is 10.1. The molecule has 4 nitrogen and oxygen atoms in total. The van der Waals surface area contributed by atoms with E-state index in [0.717, 1.165) is 11.3 Å². The molecule has 0 heterocycles. The summed E-state index contributed by atoms with van der Waals surface area (Å²) in [6.07, 6.45) is 10.7. The van der Waals surface area contributed by atoms with Crippen molar-refractivity contribution in [3.05, 3.63) is 47.2 Å². The van der Waals surface area contributed by atoms with Crippen LogP contribution in [-0.2, 0) is 14.3 Å². The first-order valence-electron chi connectivity index (χ1n) is 7.15. The molecular formula is C17H25NO3. The van der Waals surface area contributed by atoms with E-state index in [1.807, 2.05) is 45.1 Å². The molecule has 0 aliphatic heterocycles. The molecular weight excluding hydrogens is 266 g/mol. The van der Waals surface area contributed by atoms with Crippen molar-refractivity contribution >= 4 is 11.9 Å². The van der Waals surface area contributed by atoms with Gasteiger partial charge in [0, 0.05) is 19.0 Å². The summed E-state index contributed by atoms with van der Waals surface area (Å²) in [6.45, 7) is 7.37. The first-order valence-corrected chi connectivity index (χ1v) is 7.15. The fraction of sp³-hybridized carbons (Fsp3) is 0.412. The molecule has 0 aromatic rings. The molecule has 0 saturated carbocycles. The van der Waals surface area contributed by atoms with E-state index in [2.05, 4.69) is 10.1 Å². The molecule has 0 aromatic carbocycles. The van der Waals surface area contributed by atoms with Crippen LogP contribution in [0.4, 0.5) is 0 Å². The van der Waals surface area contributed by atoms with Gasteiger partial charge in [0.1, 0.15) is 0 Å². The highest BCUT2D eigenvalue weighted by atomic mass is 16.5. The Kier molecular flexibility index (Phi) is 9.59. The van der Waals surface area contributed by atoms with E-state index in [4.69, 9.17) is 0 Å². The normalized spacial score (nSPS) is 15.8. The SMILES string of the molecule is C/C=C(\C/C=C1/C=CC(C(=O)OC)=CC1)NC(C)=O.CC. The molecule has 1 aliphatic carbocycles. The van der Waals surface area contributed by atoms with Crippen LogP contribution in [0.1, 0.15) is 40.5 Å². The average Bonchev–Trinajstić information content (AvgIpc) is 2.52. The molecule has 1 aliphatic rings.